The number of anilines is 1. The molecule has 1 rings (SSSR count). The standard InChI is InChI=1S/C9H9N2O2/c10-9(13)7-3-1-2-4-8(7)11-5-6-12/h1-4,11H,5H2,(H2,10,13). The zero-order valence-corrected chi connectivity index (χ0v) is 6.91. The first-order chi connectivity index (χ1) is 6.25. The number of hydrogen-bond acceptors (Lipinski definition) is 3. The van der Waals surface area contributed by atoms with E-state index in [4.69, 9.17) is 5.73 Å². The zero-order valence-electron chi connectivity index (χ0n) is 6.91. The fourth-order valence-electron chi connectivity index (χ4n) is 0.983. The van der Waals surface area contributed by atoms with Gasteiger partial charge in [0.05, 0.1) is 12.1 Å². The molecule has 13 heavy (non-hydrogen) atoms. The SMILES string of the molecule is NC(=O)c1ccccc1NC[C]=O. The maximum atomic E-state index is 10.9. The van der Waals surface area contributed by atoms with Gasteiger partial charge in [0.2, 0.25) is 6.29 Å². The number of primary amides is 1. The van der Waals surface area contributed by atoms with Gasteiger partial charge >= 0.3 is 0 Å². The Labute approximate surface area is 75.7 Å². The van der Waals surface area contributed by atoms with Crippen LogP contribution in [0.2, 0.25) is 0 Å². The Morgan fingerprint density at radius 1 is 1.46 bits per heavy atom. The van der Waals surface area contributed by atoms with Crippen molar-refractivity contribution in [3.63, 3.8) is 0 Å². The summed E-state index contributed by atoms with van der Waals surface area (Å²) in [6.07, 6.45) is 1.67. The minimum atomic E-state index is -0.519. The summed E-state index contributed by atoms with van der Waals surface area (Å²) >= 11 is 0. The molecule has 4 nitrogen and oxygen atoms in total. The summed E-state index contributed by atoms with van der Waals surface area (Å²) in [5.41, 5.74) is 6.04. The van der Waals surface area contributed by atoms with Gasteiger partial charge in [0.1, 0.15) is 0 Å². The van der Waals surface area contributed by atoms with Crippen molar-refractivity contribution in [1.82, 2.24) is 0 Å². The molecule has 0 saturated heterocycles. The fraction of sp³-hybridized carbons (Fsp3) is 0.111. The van der Waals surface area contributed by atoms with E-state index in [-0.39, 0.29) is 6.54 Å². The van der Waals surface area contributed by atoms with Gasteiger partial charge in [-0.3, -0.25) is 9.59 Å². The van der Waals surface area contributed by atoms with Crippen LogP contribution in [0.1, 0.15) is 10.4 Å². The van der Waals surface area contributed by atoms with E-state index < -0.39 is 5.91 Å². The molecule has 0 aromatic heterocycles. The summed E-state index contributed by atoms with van der Waals surface area (Å²) in [6.45, 7) is 0.0459. The van der Waals surface area contributed by atoms with E-state index in [2.05, 4.69) is 5.32 Å². The van der Waals surface area contributed by atoms with Crippen LogP contribution in [0.25, 0.3) is 0 Å². The molecule has 0 saturated carbocycles. The maximum absolute atomic E-state index is 10.9. The molecule has 4 heteroatoms. The Morgan fingerprint density at radius 3 is 2.77 bits per heavy atom. The summed E-state index contributed by atoms with van der Waals surface area (Å²) in [5.74, 6) is -0.519. The van der Waals surface area contributed by atoms with Gasteiger partial charge in [-0.15, -0.1) is 0 Å². The Balaban J connectivity index is 2.90. The fourth-order valence-corrected chi connectivity index (χ4v) is 0.983. The third-order valence-electron chi connectivity index (χ3n) is 1.54. The van der Waals surface area contributed by atoms with E-state index in [0.29, 0.717) is 11.3 Å². The third-order valence-corrected chi connectivity index (χ3v) is 1.54. The highest BCUT2D eigenvalue weighted by atomic mass is 16.1. The second kappa shape index (κ2) is 4.25. The average Bonchev–Trinajstić information content (AvgIpc) is 2.15. The van der Waals surface area contributed by atoms with E-state index in [0.717, 1.165) is 0 Å². The first-order valence-electron chi connectivity index (χ1n) is 3.73. The highest BCUT2D eigenvalue weighted by Crippen LogP contribution is 2.13. The number of amides is 1. The van der Waals surface area contributed by atoms with Crippen molar-refractivity contribution in [1.29, 1.82) is 0 Å². The average molecular weight is 177 g/mol. The van der Waals surface area contributed by atoms with Crippen LogP contribution in [0.3, 0.4) is 0 Å². The second-order valence-corrected chi connectivity index (χ2v) is 2.41. The topological polar surface area (TPSA) is 72.2 Å². The third kappa shape index (κ3) is 2.30. The molecule has 0 atom stereocenters. The van der Waals surface area contributed by atoms with Crippen LogP contribution in [0.5, 0.6) is 0 Å². The van der Waals surface area contributed by atoms with Crippen LogP contribution in [-0.4, -0.2) is 18.7 Å². The Hall–Kier alpha value is -1.84. The number of para-hydroxylation sites is 1. The minimum absolute atomic E-state index is 0.0459. The van der Waals surface area contributed by atoms with Gasteiger partial charge in [0, 0.05) is 5.69 Å². The molecule has 1 aromatic rings. The van der Waals surface area contributed by atoms with Gasteiger partial charge in [-0.05, 0) is 12.1 Å². The molecule has 1 radical (unpaired) electrons. The number of hydrogen-bond donors (Lipinski definition) is 2. The quantitative estimate of drug-likeness (QED) is 0.695. The first kappa shape index (κ1) is 9.25. The number of rotatable bonds is 4. The summed E-state index contributed by atoms with van der Waals surface area (Å²) in [4.78, 5) is 20.8. The van der Waals surface area contributed by atoms with Gasteiger partial charge in [-0.1, -0.05) is 12.1 Å². The molecule has 0 unspecified atom stereocenters. The molecule has 1 amide bonds. The van der Waals surface area contributed by atoms with Gasteiger partial charge in [-0.25, -0.2) is 0 Å². The second-order valence-electron chi connectivity index (χ2n) is 2.41. The van der Waals surface area contributed by atoms with Crippen molar-refractivity contribution < 1.29 is 9.59 Å². The van der Waals surface area contributed by atoms with Crippen molar-refractivity contribution >= 4 is 17.9 Å². The van der Waals surface area contributed by atoms with Gasteiger partial charge < -0.3 is 11.1 Å². The lowest BCUT2D eigenvalue weighted by atomic mass is 10.1. The monoisotopic (exact) mass is 177 g/mol. The largest absolute Gasteiger partial charge is 0.377 e. The molecule has 0 aliphatic heterocycles. The Morgan fingerprint density at radius 2 is 2.15 bits per heavy atom. The van der Waals surface area contributed by atoms with E-state index in [9.17, 15) is 9.59 Å². The van der Waals surface area contributed by atoms with Gasteiger partial charge in [0.25, 0.3) is 5.91 Å². The molecule has 0 aliphatic rings. The smallest absolute Gasteiger partial charge is 0.250 e. The number of nitrogens with one attached hydrogen (secondary N) is 1. The first-order valence-corrected chi connectivity index (χ1v) is 3.73. The Bertz CT molecular complexity index is 323. The lowest BCUT2D eigenvalue weighted by Gasteiger charge is -2.05. The van der Waals surface area contributed by atoms with Crippen LogP contribution in [0.4, 0.5) is 5.69 Å². The van der Waals surface area contributed by atoms with E-state index in [1.54, 1.807) is 30.6 Å². The van der Waals surface area contributed by atoms with Gasteiger partial charge in [-0.2, -0.15) is 0 Å². The summed E-state index contributed by atoms with van der Waals surface area (Å²) in [5, 5.41) is 2.72. The maximum Gasteiger partial charge on any atom is 0.250 e. The normalized spacial score (nSPS) is 9.23. The molecular weight excluding hydrogens is 168 g/mol. The lowest BCUT2D eigenvalue weighted by molar-refractivity contribution is 0.100. The summed E-state index contributed by atoms with van der Waals surface area (Å²) in [7, 11) is 0. The highest BCUT2D eigenvalue weighted by molar-refractivity contribution is 5.98. The summed E-state index contributed by atoms with van der Waals surface area (Å²) in [6, 6.07) is 6.72. The van der Waals surface area contributed by atoms with E-state index >= 15 is 0 Å². The summed E-state index contributed by atoms with van der Waals surface area (Å²) < 4.78 is 0. The molecular formula is C9H9N2O2. The highest BCUT2D eigenvalue weighted by Gasteiger charge is 2.05. The number of carbonyl (C=O) groups excluding carboxylic acids is 2. The van der Waals surface area contributed by atoms with Crippen LogP contribution in [0.15, 0.2) is 24.3 Å². The van der Waals surface area contributed by atoms with Crippen LogP contribution >= 0.6 is 0 Å². The lowest BCUT2D eigenvalue weighted by Crippen LogP contribution is -2.14. The number of carbonyl (C=O) groups is 1. The van der Waals surface area contributed by atoms with E-state index in [1.165, 1.54) is 0 Å². The molecule has 0 spiro atoms. The number of benzene rings is 1. The van der Waals surface area contributed by atoms with Crippen molar-refractivity contribution in [3.05, 3.63) is 29.8 Å². The predicted octanol–water partition coefficient (Wildman–Crippen LogP) is 0.307. The van der Waals surface area contributed by atoms with Crippen LogP contribution in [0, 0.1) is 0 Å². The van der Waals surface area contributed by atoms with E-state index in [1.807, 2.05) is 0 Å². The zero-order chi connectivity index (χ0) is 9.68. The minimum Gasteiger partial charge on any atom is -0.377 e. The van der Waals surface area contributed by atoms with Crippen LogP contribution < -0.4 is 11.1 Å². The van der Waals surface area contributed by atoms with Crippen LogP contribution in [-0.2, 0) is 4.79 Å². The molecule has 3 N–H and O–H groups in total. The molecule has 0 aliphatic carbocycles. The molecule has 0 heterocycles. The van der Waals surface area contributed by atoms with Crippen molar-refractivity contribution in [2.45, 2.75) is 0 Å². The number of nitrogens with two attached hydrogens (primary N) is 1. The Kier molecular flexibility index (Phi) is 3.03. The molecule has 1 aromatic carbocycles. The van der Waals surface area contributed by atoms with Crippen molar-refractivity contribution in [2.24, 2.45) is 5.73 Å². The van der Waals surface area contributed by atoms with Crippen molar-refractivity contribution in [3.8, 4) is 0 Å². The van der Waals surface area contributed by atoms with Gasteiger partial charge in [0.15, 0.2) is 0 Å². The molecule has 0 bridgehead atoms. The molecule has 0 fully saturated rings. The molecule has 67 valence electrons. The predicted molar refractivity (Wildman–Crippen MR) is 49.1 cm³/mol. The van der Waals surface area contributed by atoms with Crippen molar-refractivity contribution in [2.75, 3.05) is 11.9 Å².